The molecule has 4 aromatic rings. The van der Waals surface area contributed by atoms with Crippen molar-refractivity contribution in [3.63, 3.8) is 0 Å². The van der Waals surface area contributed by atoms with E-state index in [1.54, 1.807) is 17.4 Å². The standard InChI is InChI=1S/C20H15NO4S/c22-20(13-23-17-8-7-14-4-1-2-5-15(14)10-17)24-12-16-11-18(25-21-16)19-6-3-9-26-19/h1-11H,12-13H2. The summed E-state index contributed by atoms with van der Waals surface area (Å²) >= 11 is 1.56. The number of aromatic nitrogens is 1. The summed E-state index contributed by atoms with van der Waals surface area (Å²) in [6.07, 6.45) is 0. The summed E-state index contributed by atoms with van der Waals surface area (Å²) in [5.74, 6) is 0.833. The van der Waals surface area contributed by atoms with Crippen molar-refractivity contribution in [1.29, 1.82) is 0 Å². The molecule has 130 valence electrons. The van der Waals surface area contributed by atoms with Crippen molar-refractivity contribution in [2.24, 2.45) is 0 Å². The van der Waals surface area contributed by atoms with Gasteiger partial charge in [0.25, 0.3) is 0 Å². The number of nitrogens with zero attached hydrogens (tertiary/aromatic N) is 1. The van der Waals surface area contributed by atoms with Gasteiger partial charge >= 0.3 is 5.97 Å². The first kappa shape index (κ1) is 16.4. The zero-order valence-electron chi connectivity index (χ0n) is 13.8. The SMILES string of the molecule is O=C(COc1ccc2ccccc2c1)OCc1cc(-c2cccs2)on1. The number of esters is 1. The molecule has 0 amide bonds. The fourth-order valence-corrected chi connectivity index (χ4v) is 3.18. The highest BCUT2D eigenvalue weighted by molar-refractivity contribution is 7.13. The maximum absolute atomic E-state index is 11.9. The largest absolute Gasteiger partial charge is 0.482 e. The van der Waals surface area contributed by atoms with Gasteiger partial charge in [-0.1, -0.05) is 41.6 Å². The molecule has 0 saturated carbocycles. The predicted octanol–water partition coefficient (Wildman–Crippen LogP) is 4.68. The Morgan fingerprint density at radius 1 is 1.04 bits per heavy atom. The van der Waals surface area contributed by atoms with E-state index in [4.69, 9.17) is 14.0 Å². The third kappa shape index (κ3) is 3.75. The van der Waals surface area contributed by atoms with E-state index in [0.717, 1.165) is 15.6 Å². The van der Waals surface area contributed by atoms with Gasteiger partial charge < -0.3 is 14.0 Å². The fraction of sp³-hybridized carbons (Fsp3) is 0.100. The van der Waals surface area contributed by atoms with E-state index in [9.17, 15) is 4.79 Å². The number of thiophene rings is 1. The molecule has 0 fully saturated rings. The molecule has 0 N–H and O–H groups in total. The van der Waals surface area contributed by atoms with Crippen molar-refractivity contribution >= 4 is 28.1 Å². The molecule has 0 atom stereocenters. The Morgan fingerprint density at radius 3 is 2.77 bits per heavy atom. The number of carbonyl (C=O) groups is 1. The molecule has 5 nitrogen and oxygen atoms in total. The predicted molar refractivity (Wildman–Crippen MR) is 99.1 cm³/mol. The van der Waals surface area contributed by atoms with Gasteiger partial charge in [-0.05, 0) is 34.4 Å². The van der Waals surface area contributed by atoms with Crippen molar-refractivity contribution in [1.82, 2.24) is 5.16 Å². The summed E-state index contributed by atoms with van der Waals surface area (Å²) in [5, 5.41) is 8.05. The zero-order chi connectivity index (χ0) is 17.8. The van der Waals surface area contributed by atoms with Crippen molar-refractivity contribution < 1.29 is 18.8 Å². The lowest BCUT2D eigenvalue weighted by Crippen LogP contribution is -2.14. The molecule has 0 spiro atoms. The highest BCUT2D eigenvalue weighted by Gasteiger charge is 2.10. The smallest absolute Gasteiger partial charge is 0.344 e. The van der Waals surface area contributed by atoms with Crippen LogP contribution in [0.4, 0.5) is 0 Å². The molecule has 0 bridgehead atoms. The zero-order valence-corrected chi connectivity index (χ0v) is 14.6. The van der Waals surface area contributed by atoms with Crippen molar-refractivity contribution in [2.45, 2.75) is 6.61 Å². The maximum atomic E-state index is 11.9. The van der Waals surface area contributed by atoms with Crippen LogP contribution in [0.5, 0.6) is 5.75 Å². The second kappa shape index (κ2) is 7.41. The average Bonchev–Trinajstić information content (AvgIpc) is 3.36. The van der Waals surface area contributed by atoms with Crippen LogP contribution in [0.3, 0.4) is 0 Å². The van der Waals surface area contributed by atoms with Gasteiger partial charge in [-0.15, -0.1) is 11.3 Å². The second-order valence-corrected chi connectivity index (χ2v) is 6.57. The second-order valence-electron chi connectivity index (χ2n) is 5.62. The van der Waals surface area contributed by atoms with Crippen molar-refractivity contribution in [3.05, 3.63) is 71.7 Å². The van der Waals surface area contributed by atoms with E-state index in [0.29, 0.717) is 17.2 Å². The minimum atomic E-state index is -0.459. The van der Waals surface area contributed by atoms with E-state index in [2.05, 4.69) is 5.16 Å². The molecule has 0 unspecified atom stereocenters. The van der Waals surface area contributed by atoms with Gasteiger partial charge in [0.05, 0.1) is 4.88 Å². The van der Waals surface area contributed by atoms with Crippen LogP contribution in [0.15, 0.2) is 70.6 Å². The lowest BCUT2D eigenvalue weighted by atomic mass is 10.1. The molecule has 2 heterocycles. The molecular formula is C20H15NO4S. The van der Waals surface area contributed by atoms with E-state index in [1.807, 2.05) is 60.0 Å². The molecule has 2 aromatic carbocycles. The molecule has 0 radical (unpaired) electrons. The van der Waals surface area contributed by atoms with E-state index < -0.39 is 5.97 Å². The van der Waals surface area contributed by atoms with Crippen LogP contribution < -0.4 is 4.74 Å². The first-order valence-electron chi connectivity index (χ1n) is 8.05. The highest BCUT2D eigenvalue weighted by Crippen LogP contribution is 2.25. The molecule has 6 heteroatoms. The lowest BCUT2D eigenvalue weighted by molar-refractivity contribution is -0.147. The monoisotopic (exact) mass is 365 g/mol. The molecule has 0 aliphatic heterocycles. The molecule has 26 heavy (non-hydrogen) atoms. The molecule has 0 saturated heterocycles. The van der Waals surface area contributed by atoms with Gasteiger partial charge in [0.2, 0.25) is 0 Å². The van der Waals surface area contributed by atoms with Crippen LogP contribution in [0.25, 0.3) is 21.4 Å². The Kier molecular flexibility index (Phi) is 4.66. The van der Waals surface area contributed by atoms with Gasteiger partial charge in [-0.25, -0.2) is 4.79 Å². The van der Waals surface area contributed by atoms with Crippen molar-refractivity contribution in [3.8, 4) is 16.4 Å². The summed E-state index contributed by atoms with van der Waals surface area (Å²) in [6.45, 7) is -0.108. The number of benzene rings is 2. The van der Waals surface area contributed by atoms with Gasteiger partial charge in [-0.2, -0.15) is 0 Å². The first-order valence-corrected chi connectivity index (χ1v) is 8.92. The van der Waals surface area contributed by atoms with Crippen LogP contribution in [0, 0.1) is 0 Å². The minimum absolute atomic E-state index is 0.0504. The summed E-state index contributed by atoms with van der Waals surface area (Å²) < 4.78 is 15.9. The Balaban J connectivity index is 1.30. The van der Waals surface area contributed by atoms with E-state index in [-0.39, 0.29) is 13.2 Å². The summed E-state index contributed by atoms with van der Waals surface area (Å²) in [4.78, 5) is 12.9. The van der Waals surface area contributed by atoms with Crippen LogP contribution in [-0.2, 0) is 16.1 Å². The Bertz CT molecular complexity index is 1020. The van der Waals surface area contributed by atoms with Crippen LogP contribution in [0.1, 0.15) is 5.69 Å². The summed E-state index contributed by atoms with van der Waals surface area (Å²) in [7, 11) is 0. The van der Waals surface area contributed by atoms with Gasteiger partial charge in [0.1, 0.15) is 18.1 Å². The third-order valence-electron chi connectivity index (χ3n) is 3.78. The van der Waals surface area contributed by atoms with Crippen LogP contribution >= 0.6 is 11.3 Å². The van der Waals surface area contributed by atoms with Gasteiger partial charge in [0, 0.05) is 6.07 Å². The Labute approximate surface area is 153 Å². The number of hydrogen-bond donors (Lipinski definition) is 0. The number of rotatable bonds is 6. The highest BCUT2D eigenvalue weighted by atomic mass is 32.1. The number of fused-ring (bicyclic) bond motifs is 1. The average molecular weight is 365 g/mol. The minimum Gasteiger partial charge on any atom is -0.482 e. The molecule has 4 rings (SSSR count). The van der Waals surface area contributed by atoms with Gasteiger partial charge in [-0.3, -0.25) is 0 Å². The molecule has 2 aromatic heterocycles. The Hall–Kier alpha value is -3.12. The molecule has 0 aliphatic carbocycles. The van der Waals surface area contributed by atoms with E-state index in [1.165, 1.54) is 0 Å². The third-order valence-corrected chi connectivity index (χ3v) is 4.67. The fourth-order valence-electron chi connectivity index (χ4n) is 2.51. The lowest BCUT2D eigenvalue weighted by Gasteiger charge is -2.07. The number of hydrogen-bond acceptors (Lipinski definition) is 6. The number of ether oxygens (including phenoxy) is 2. The first-order chi connectivity index (χ1) is 12.8. The van der Waals surface area contributed by atoms with Crippen LogP contribution in [-0.4, -0.2) is 17.7 Å². The Morgan fingerprint density at radius 2 is 1.92 bits per heavy atom. The summed E-state index contributed by atoms with van der Waals surface area (Å²) in [5.41, 5.74) is 0.562. The number of carbonyl (C=O) groups excluding carboxylic acids is 1. The normalized spacial score (nSPS) is 10.8. The quantitative estimate of drug-likeness (QED) is 0.464. The summed E-state index contributed by atoms with van der Waals surface area (Å²) in [6, 6.07) is 19.3. The topological polar surface area (TPSA) is 61.6 Å². The van der Waals surface area contributed by atoms with Crippen molar-refractivity contribution in [2.75, 3.05) is 6.61 Å². The van der Waals surface area contributed by atoms with Gasteiger partial charge in [0.15, 0.2) is 12.4 Å². The molecular weight excluding hydrogens is 350 g/mol. The maximum Gasteiger partial charge on any atom is 0.344 e. The molecule has 0 aliphatic rings. The van der Waals surface area contributed by atoms with Crippen LogP contribution in [0.2, 0.25) is 0 Å². The van der Waals surface area contributed by atoms with E-state index >= 15 is 0 Å².